The number of hydrogen-bond donors (Lipinski definition) is 0. The van der Waals surface area contributed by atoms with Gasteiger partial charge in [-0.15, -0.1) is 11.4 Å². The maximum absolute atomic E-state index is 5.12. The van der Waals surface area contributed by atoms with Gasteiger partial charge in [-0.25, -0.2) is 0 Å². The summed E-state index contributed by atoms with van der Waals surface area (Å²) < 4.78 is 0. The number of rotatable bonds is 8. The van der Waals surface area contributed by atoms with E-state index >= 15 is 0 Å². The summed E-state index contributed by atoms with van der Waals surface area (Å²) in [6, 6.07) is 17.2. The van der Waals surface area contributed by atoms with Crippen molar-refractivity contribution in [1.29, 1.82) is 0 Å². The second-order valence-corrected chi connectivity index (χ2v) is 16.4. The first-order valence-corrected chi connectivity index (χ1v) is 18.7. The molecule has 1 heterocycles. The Balaban J connectivity index is 0.00000161. The van der Waals surface area contributed by atoms with Crippen molar-refractivity contribution in [3.8, 4) is 0 Å². The number of aromatic nitrogens is 1. The van der Waals surface area contributed by atoms with Crippen LogP contribution in [0.2, 0.25) is 0 Å². The Morgan fingerprint density at radius 3 is 1.08 bits per heavy atom. The van der Waals surface area contributed by atoms with E-state index in [9.17, 15) is 0 Å². The third kappa shape index (κ3) is 8.52. The average Bonchev–Trinajstić information content (AvgIpc) is 3.35. The second kappa shape index (κ2) is 15.4. The van der Waals surface area contributed by atoms with Gasteiger partial charge in [0.2, 0.25) is 0 Å². The molecule has 3 nitrogen and oxygen atoms in total. The average molecular weight is 684 g/mol. The zero-order valence-corrected chi connectivity index (χ0v) is 28.7. The minimum absolute atomic E-state index is 0.411. The molecule has 0 fully saturated rings. The summed E-state index contributed by atoms with van der Waals surface area (Å²) in [5, 5.41) is 0. The molecule has 0 saturated carbocycles. The van der Waals surface area contributed by atoms with Crippen LogP contribution in [0.5, 0.6) is 0 Å². The summed E-state index contributed by atoms with van der Waals surface area (Å²) in [6.45, 7) is 22.0. The predicted octanol–water partition coefficient (Wildman–Crippen LogP) is 11.1. The van der Waals surface area contributed by atoms with E-state index in [1.165, 1.54) is 22.3 Å². The van der Waals surface area contributed by atoms with Crippen molar-refractivity contribution in [3.05, 3.63) is 82.2 Å². The van der Waals surface area contributed by atoms with Gasteiger partial charge in [0.15, 0.2) is 0 Å². The van der Waals surface area contributed by atoms with Gasteiger partial charge in [0.1, 0.15) is 0 Å². The zero-order valence-electron chi connectivity index (χ0n) is 24.4. The van der Waals surface area contributed by atoms with Crippen molar-refractivity contribution in [1.82, 2.24) is 4.98 Å². The molecule has 0 aliphatic carbocycles. The van der Waals surface area contributed by atoms with E-state index < -0.39 is 0 Å². The van der Waals surface area contributed by atoms with E-state index in [0.29, 0.717) is 23.7 Å². The molecule has 0 spiro atoms. The molecule has 0 unspecified atom stereocenters. The van der Waals surface area contributed by atoms with E-state index in [-0.39, 0.29) is 0 Å². The van der Waals surface area contributed by atoms with Gasteiger partial charge in [0, 0.05) is 11.4 Å². The molecule has 0 amide bonds. The number of halogens is 2. The first kappa shape index (κ1) is 32.7. The van der Waals surface area contributed by atoms with Gasteiger partial charge in [0.25, 0.3) is 0 Å². The number of hydrogen-bond acceptors (Lipinski definition) is 2. The minimum atomic E-state index is 0.411. The Morgan fingerprint density at radius 1 is 0.579 bits per heavy atom. The van der Waals surface area contributed by atoms with Crippen LogP contribution in [0.25, 0.3) is 0 Å². The molecule has 0 aliphatic rings. The van der Waals surface area contributed by atoms with Crippen molar-refractivity contribution in [3.63, 3.8) is 0 Å². The van der Waals surface area contributed by atoms with Gasteiger partial charge in [-0.2, -0.15) is 0 Å². The molecule has 0 N–H and O–H groups in total. The predicted molar refractivity (Wildman–Crippen MR) is 171 cm³/mol. The van der Waals surface area contributed by atoms with Crippen LogP contribution in [-0.4, -0.2) is 11.4 Å². The van der Waals surface area contributed by atoms with Crippen molar-refractivity contribution < 1.29 is 11.3 Å². The van der Waals surface area contributed by atoms with Crippen molar-refractivity contribution in [2.45, 2.75) is 92.9 Å². The molecule has 207 valence electrons. The van der Waals surface area contributed by atoms with Crippen LogP contribution >= 0.6 is 28.2 Å². The van der Waals surface area contributed by atoms with Crippen molar-refractivity contribution in [2.24, 2.45) is 9.98 Å². The molecule has 2 aromatic carbocycles. The fourth-order valence-electron chi connectivity index (χ4n) is 4.50. The SMILES string of the molecule is CC(=Nc1c(C(C)C)cccc1C(C)C)c1ccc(C(C)=Nc2c(C(C)C)cccc2C(C)C)[n-]1.[Br][Fe+][Br]. The number of nitrogens with zero attached hydrogens (tertiary/aromatic N) is 3. The first-order valence-electron chi connectivity index (χ1n) is 13.3. The normalized spacial score (nSPS) is 12.5. The molecule has 38 heavy (non-hydrogen) atoms. The van der Waals surface area contributed by atoms with Crippen LogP contribution in [0.15, 0.2) is 58.5 Å². The van der Waals surface area contributed by atoms with Crippen LogP contribution in [0.3, 0.4) is 0 Å². The van der Waals surface area contributed by atoms with Crippen molar-refractivity contribution in [2.75, 3.05) is 0 Å². The van der Waals surface area contributed by atoms with Gasteiger partial charge < -0.3 is 4.98 Å². The Morgan fingerprint density at radius 2 is 0.842 bits per heavy atom. The molecule has 6 heteroatoms. The van der Waals surface area contributed by atoms with Crippen LogP contribution < -0.4 is 4.98 Å². The molecule has 0 saturated heterocycles. The molecule has 3 rings (SSSR count). The van der Waals surface area contributed by atoms with Gasteiger partial charge in [-0.3, -0.25) is 9.98 Å². The quantitative estimate of drug-likeness (QED) is 0.172. The summed E-state index contributed by atoms with van der Waals surface area (Å²) in [7, 11) is 0. The second-order valence-electron chi connectivity index (χ2n) is 10.8. The molecule has 0 aliphatic heterocycles. The summed E-state index contributed by atoms with van der Waals surface area (Å²) in [5.74, 6) is 1.64. The first-order chi connectivity index (χ1) is 17.9. The molecular formula is C32H42Br2FeN3. The van der Waals surface area contributed by atoms with Crippen molar-refractivity contribution >= 4 is 51.0 Å². The summed E-state index contributed by atoms with van der Waals surface area (Å²) in [5.41, 5.74) is 11.0. The van der Waals surface area contributed by atoms with E-state index in [4.69, 9.17) is 15.0 Å². The van der Waals surface area contributed by atoms with Crippen LogP contribution in [0.1, 0.15) is 127 Å². The standard InChI is InChI=1S/C32H42N3.2BrH.Fe/c1-19(2)25-13-11-14-26(20(3)4)31(25)33-23(9)29-17-18-30(35-29)24(10)34-32-27(21(5)6)15-12-16-28(32)22(7)8;;;/h11-22H,1-10H3;2*1H;/q-1;;;+3/p-2. The van der Waals surface area contributed by atoms with Gasteiger partial charge >= 0.3 is 39.6 Å². The Bertz CT molecular complexity index is 1110. The monoisotopic (exact) mass is 682 g/mol. The fourth-order valence-corrected chi connectivity index (χ4v) is 4.50. The maximum atomic E-state index is 5.12. The molecular weight excluding hydrogens is 642 g/mol. The third-order valence-corrected chi connectivity index (χ3v) is 6.63. The summed E-state index contributed by atoms with van der Waals surface area (Å²) >= 11 is 7.00. The van der Waals surface area contributed by atoms with E-state index in [1.807, 2.05) is 0 Å². The Kier molecular flexibility index (Phi) is 13.2. The van der Waals surface area contributed by atoms with E-state index in [1.54, 1.807) is 0 Å². The summed E-state index contributed by atoms with van der Waals surface area (Å²) in [4.78, 5) is 15.2. The van der Waals surface area contributed by atoms with E-state index in [2.05, 4.69) is 146 Å². The molecule has 0 radical (unpaired) electrons. The number of para-hydroxylation sites is 2. The van der Waals surface area contributed by atoms with Crippen LogP contribution in [0.4, 0.5) is 11.4 Å². The number of aliphatic imine (C=N–C) groups is 2. The fraction of sp³-hybridized carbons (Fsp3) is 0.438. The zero-order chi connectivity index (χ0) is 28.6. The van der Waals surface area contributed by atoms with Gasteiger partial charge in [-0.05, 0) is 59.8 Å². The van der Waals surface area contributed by atoms with Gasteiger partial charge in [-0.1, -0.05) is 104 Å². The molecule has 3 aromatic rings. The van der Waals surface area contributed by atoms with Crippen LogP contribution in [0, 0.1) is 0 Å². The van der Waals surface area contributed by atoms with Crippen LogP contribution in [-0.2, 0) is 11.3 Å². The van der Waals surface area contributed by atoms with E-state index in [0.717, 1.165) is 45.5 Å². The summed E-state index contributed by atoms with van der Waals surface area (Å²) in [6.07, 6.45) is 0. The Hall–Kier alpha value is -1.46. The molecule has 0 atom stereocenters. The van der Waals surface area contributed by atoms with Gasteiger partial charge in [0.05, 0.1) is 11.4 Å². The Labute approximate surface area is 251 Å². The number of benzene rings is 2. The third-order valence-electron chi connectivity index (χ3n) is 6.63. The molecule has 1 aromatic heterocycles. The topological polar surface area (TPSA) is 38.8 Å². The molecule has 0 bridgehead atoms.